The molecule has 0 radical (unpaired) electrons. The van der Waals surface area contributed by atoms with Crippen molar-refractivity contribution in [3.05, 3.63) is 59.4 Å². The molecule has 0 unspecified atom stereocenters. The third kappa shape index (κ3) is 5.97. The highest BCUT2D eigenvalue weighted by Gasteiger charge is 2.58. The van der Waals surface area contributed by atoms with Crippen LogP contribution < -0.4 is 10.6 Å². The maximum absolute atomic E-state index is 12.9. The number of nitrogens with one attached hydrogen (secondary N) is 2. The van der Waals surface area contributed by atoms with Crippen molar-refractivity contribution in [3.63, 3.8) is 0 Å². The molecule has 2 N–H and O–H groups in total. The minimum absolute atomic E-state index is 0.0681. The molecule has 0 saturated heterocycles. The van der Waals surface area contributed by atoms with Gasteiger partial charge in [-0.05, 0) is 60.1 Å². The van der Waals surface area contributed by atoms with Crippen molar-refractivity contribution in [1.29, 1.82) is 0 Å². The van der Waals surface area contributed by atoms with Gasteiger partial charge in [0, 0.05) is 11.6 Å². The van der Waals surface area contributed by atoms with Crippen LogP contribution in [0.5, 0.6) is 0 Å². The van der Waals surface area contributed by atoms with Gasteiger partial charge in [-0.2, -0.15) is 18.2 Å². The van der Waals surface area contributed by atoms with Crippen LogP contribution in [0, 0.1) is 11.8 Å². The quantitative estimate of drug-likeness (QED) is 0.397. The number of carbonyl (C=O) groups excluding carboxylic acids is 2. The number of halogens is 3. The Balaban J connectivity index is 1.31. The number of aromatic nitrogens is 3. The van der Waals surface area contributed by atoms with E-state index in [2.05, 4.69) is 25.8 Å². The van der Waals surface area contributed by atoms with Crippen LogP contribution in [0.3, 0.4) is 0 Å². The summed E-state index contributed by atoms with van der Waals surface area (Å²) in [5, 5.41) is 9.50. The van der Waals surface area contributed by atoms with Gasteiger partial charge in [-0.15, -0.1) is 0 Å². The molecule has 206 valence electrons. The lowest BCUT2D eigenvalue weighted by Gasteiger charge is -2.19. The fourth-order valence-corrected chi connectivity index (χ4v) is 4.90. The molecule has 2 amide bonds. The number of benzene rings is 1. The van der Waals surface area contributed by atoms with E-state index in [1.807, 2.05) is 39.0 Å². The molecule has 8 nitrogen and oxygen atoms in total. The van der Waals surface area contributed by atoms with Crippen molar-refractivity contribution >= 4 is 17.6 Å². The summed E-state index contributed by atoms with van der Waals surface area (Å²) in [6.07, 6.45) is 0.445. The topological polar surface area (TPSA) is 110 Å². The molecule has 1 saturated carbocycles. The fourth-order valence-electron chi connectivity index (χ4n) is 4.90. The van der Waals surface area contributed by atoms with Crippen LogP contribution in [0.15, 0.2) is 41.1 Å². The van der Waals surface area contributed by atoms with Crippen LogP contribution in [0.4, 0.5) is 19.0 Å². The maximum Gasteiger partial charge on any atom is 0.392 e. The Morgan fingerprint density at radius 3 is 2.51 bits per heavy atom. The molecule has 0 bridgehead atoms. The molecule has 3 atom stereocenters. The zero-order valence-electron chi connectivity index (χ0n) is 21.9. The highest BCUT2D eigenvalue weighted by atomic mass is 19.4. The molecule has 0 spiro atoms. The SMILES string of the molecule is CC(C)(C)c1noc(C(=O)N[C@H]2CCCCc3cc(-c4ccnc(NC(=O)[C@@H]5C[C@H]5C(F)(F)F)c4)ccc32)n1. The number of fused-ring (bicyclic) bond motifs is 1. The Kier molecular flexibility index (Phi) is 6.94. The zero-order valence-corrected chi connectivity index (χ0v) is 21.9. The third-order valence-electron chi connectivity index (χ3n) is 7.20. The fraction of sp³-hybridized carbons (Fsp3) is 0.464. The molecule has 2 aliphatic carbocycles. The van der Waals surface area contributed by atoms with E-state index in [0.717, 1.165) is 47.9 Å². The number of carbonyl (C=O) groups is 2. The Hall–Kier alpha value is -3.76. The van der Waals surface area contributed by atoms with Gasteiger partial charge in [0.25, 0.3) is 0 Å². The summed E-state index contributed by atoms with van der Waals surface area (Å²) in [5.74, 6) is -3.14. The van der Waals surface area contributed by atoms with E-state index in [1.54, 1.807) is 12.1 Å². The van der Waals surface area contributed by atoms with Gasteiger partial charge in [-0.3, -0.25) is 9.59 Å². The summed E-state index contributed by atoms with van der Waals surface area (Å²) >= 11 is 0. The molecule has 11 heteroatoms. The Bertz CT molecular complexity index is 1400. The number of rotatable bonds is 5. The van der Waals surface area contributed by atoms with Crippen LogP contribution in [-0.2, 0) is 16.6 Å². The van der Waals surface area contributed by atoms with Gasteiger partial charge in [0.05, 0.1) is 17.9 Å². The van der Waals surface area contributed by atoms with Gasteiger partial charge in [0.15, 0.2) is 5.82 Å². The van der Waals surface area contributed by atoms with E-state index in [-0.39, 0.29) is 29.6 Å². The first-order valence-corrected chi connectivity index (χ1v) is 13.0. The van der Waals surface area contributed by atoms with Crippen molar-refractivity contribution in [1.82, 2.24) is 20.4 Å². The summed E-state index contributed by atoms with van der Waals surface area (Å²) in [7, 11) is 0. The minimum atomic E-state index is -4.36. The first kappa shape index (κ1) is 26.8. The molecule has 5 rings (SSSR count). The lowest BCUT2D eigenvalue weighted by Crippen LogP contribution is -2.29. The predicted molar refractivity (Wildman–Crippen MR) is 137 cm³/mol. The Morgan fingerprint density at radius 2 is 1.82 bits per heavy atom. The number of hydrogen-bond donors (Lipinski definition) is 2. The number of nitrogens with zero attached hydrogens (tertiary/aromatic N) is 3. The van der Waals surface area contributed by atoms with E-state index < -0.39 is 29.8 Å². The number of amides is 2. The molecule has 2 heterocycles. The van der Waals surface area contributed by atoms with Crippen molar-refractivity contribution in [2.45, 2.75) is 70.5 Å². The average Bonchev–Trinajstić information content (AvgIpc) is 3.58. The van der Waals surface area contributed by atoms with Crippen LogP contribution in [0.2, 0.25) is 0 Å². The lowest BCUT2D eigenvalue weighted by atomic mass is 9.94. The molecule has 0 aliphatic heterocycles. The first-order chi connectivity index (χ1) is 18.4. The maximum atomic E-state index is 12.9. The average molecular weight is 542 g/mol. The van der Waals surface area contributed by atoms with Crippen molar-refractivity contribution in [3.8, 4) is 11.1 Å². The molecular formula is C28H30F3N5O3. The van der Waals surface area contributed by atoms with E-state index in [1.165, 1.54) is 6.20 Å². The molecule has 2 aliphatic rings. The normalized spacial score (nSPS) is 21.0. The van der Waals surface area contributed by atoms with Gasteiger partial charge in [-0.25, -0.2) is 4.98 Å². The number of alkyl halides is 3. The van der Waals surface area contributed by atoms with E-state index in [4.69, 9.17) is 4.52 Å². The van der Waals surface area contributed by atoms with Gasteiger partial charge >= 0.3 is 18.0 Å². The molecule has 1 aromatic carbocycles. The van der Waals surface area contributed by atoms with Crippen LogP contribution in [0.1, 0.15) is 80.1 Å². The monoisotopic (exact) mass is 541 g/mol. The number of aryl methyl sites for hydroxylation is 1. The molecular weight excluding hydrogens is 511 g/mol. The second kappa shape index (κ2) is 10.1. The summed E-state index contributed by atoms with van der Waals surface area (Å²) < 4.78 is 43.7. The van der Waals surface area contributed by atoms with E-state index >= 15 is 0 Å². The van der Waals surface area contributed by atoms with Gasteiger partial charge in [-0.1, -0.05) is 50.5 Å². The summed E-state index contributed by atoms with van der Waals surface area (Å²) in [5.41, 5.74) is 3.41. The highest BCUT2D eigenvalue weighted by Crippen LogP contribution is 2.50. The zero-order chi connectivity index (χ0) is 27.9. The van der Waals surface area contributed by atoms with Crippen molar-refractivity contribution in [2.24, 2.45) is 11.8 Å². The molecule has 1 fully saturated rings. The van der Waals surface area contributed by atoms with Crippen LogP contribution >= 0.6 is 0 Å². The summed E-state index contributed by atoms with van der Waals surface area (Å²) in [6.45, 7) is 5.82. The summed E-state index contributed by atoms with van der Waals surface area (Å²) in [4.78, 5) is 33.6. The van der Waals surface area contributed by atoms with Gasteiger partial charge < -0.3 is 15.2 Å². The summed E-state index contributed by atoms with van der Waals surface area (Å²) in [6, 6.07) is 9.17. The lowest BCUT2D eigenvalue weighted by molar-refractivity contribution is -0.153. The number of anilines is 1. The van der Waals surface area contributed by atoms with Gasteiger partial charge in [0.2, 0.25) is 5.91 Å². The van der Waals surface area contributed by atoms with E-state index in [0.29, 0.717) is 5.82 Å². The van der Waals surface area contributed by atoms with Gasteiger partial charge in [0.1, 0.15) is 5.82 Å². The largest absolute Gasteiger partial charge is 0.392 e. The Labute approximate surface area is 223 Å². The predicted octanol–water partition coefficient (Wildman–Crippen LogP) is 5.76. The van der Waals surface area contributed by atoms with Crippen molar-refractivity contribution in [2.75, 3.05) is 5.32 Å². The number of pyridine rings is 1. The number of hydrogen-bond acceptors (Lipinski definition) is 6. The minimum Gasteiger partial charge on any atom is -0.341 e. The molecule has 39 heavy (non-hydrogen) atoms. The van der Waals surface area contributed by atoms with Crippen molar-refractivity contribution < 1.29 is 27.3 Å². The van der Waals surface area contributed by atoms with E-state index in [9.17, 15) is 22.8 Å². The second-order valence-electron chi connectivity index (χ2n) is 11.3. The molecule has 2 aromatic heterocycles. The highest BCUT2D eigenvalue weighted by molar-refractivity contribution is 5.94. The Morgan fingerprint density at radius 1 is 1.05 bits per heavy atom. The molecule has 3 aromatic rings. The smallest absolute Gasteiger partial charge is 0.341 e. The first-order valence-electron chi connectivity index (χ1n) is 13.0. The third-order valence-corrected chi connectivity index (χ3v) is 7.20. The second-order valence-corrected chi connectivity index (χ2v) is 11.3. The van der Waals surface area contributed by atoms with Crippen LogP contribution in [-0.4, -0.2) is 33.1 Å². The standard InChI is InChI=1S/C28H30F3N5O3/c1-27(2,3)26-35-25(39-36-26)24(38)33-21-7-5-4-6-17-12-15(8-9-18(17)21)16-10-11-32-22(13-16)34-23(37)19-14-20(19)28(29,30)31/h8-13,19-21H,4-7,14H2,1-3H3,(H,33,38)(H,32,34,37)/t19-,20-,21+/m1/s1. The van der Waals surface area contributed by atoms with Crippen LogP contribution in [0.25, 0.3) is 11.1 Å².